The average Bonchev–Trinajstić information content (AvgIpc) is 2.34. The van der Waals surface area contributed by atoms with Gasteiger partial charge in [-0.1, -0.05) is 15.9 Å². The lowest BCUT2D eigenvalue weighted by Gasteiger charge is -2.13. The fourth-order valence-corrected chi connectivity index (χ4v) is 2.59. The van der Waals surface area contributed by atoms with Crippen molar-refractivity contribution < 1.29 is 4.79 Å². The summed E-state index contributed by atoms with van der Waals surface area (Å²) >= 11 is 3.43. The van der Waals surface area contributed by atoms with Crippen LogP contribution >= 0.6 is 15.9 Å². The number of anilines is 2. The monoisotopic (exact) mass is 319 g/mol. The molecule has 0 aliphatic rings. The molecule has 0 bridgehead atoms. The quantitative estimate of drug-likeness (QED) is 0.892. The van der Waals surface area contributed by atoms with Gasteiger partial charge in [-0.3, -0.25) is 9.78 Å². The Morgan fingerprint density at radius 2 is 1.95 bits per heavy atom. The van der Waals surface area contributed by atoms with Gasteiger partial charge in [0.2, 0.25) is 0 Å². The molecule has 5 heteroatoms. The van der Waals surface area contributed by atoms with E-state index < -0.39 is 0 Å². The number of carbonyl (C=O) groups excluding carboxylic acids is 1. The lowest BCUT2D eigenvalue weighted by molar-refractivity contribution is 0.102. The van der Waals surface area contributed by atoms with Crippen molar-refractivity contribution in [3.63, 3.8) is 0 Å². The van der Waals surface area contributed by atoms with Gasteiger partial charge in [-0.15, -0.1) is 0 Å². The predicted molar refractivity (Wildman–Crippen MR) is 80.2 cm³/mol. The van der Waals surface area contributed by atoms with Gasteiger partial charge in [-0.05, 0) is 43.2 Å². The van der Waals surface area contributed by atoms with Gasteiger partial charge >= 0.3 is 0 Å². The van der Waals surface area contributed by atoms with Gasteiger partial charge in [0.15, 0.2) is 0 Å². The Bertz CT molecular complexity index is 617. The number of benzene rings is 1. The Morgan fingerprint density at radius 3 is 2.53 bits per heavy atom. The van der Waals surface area contributed by atoms with Crippen LogP contribution in [0.5, 0.6) is 0 Å². The van der Waals surface area contributed by atoms with E-state index in [2.05, 4.69) is 26.2 Å². The minimum absolute atomic E-state index is 0.228. The molecular formula is C14H14BrN3O. The Morgan fingerprint density at radius 1 is 1.32 bits per heavy atom. The number of rotatable bonds is 2. The third-order valence-electron chi connectivity index (χ3n) is 2.83. The normalized spacial score (nSPS) is 10.3. The molecule has 0 unspecified atom stereocenters. The summed E-state index contributed by atoms with van der Waals surface area (Å²) in [5.41, 5.74) is 9.34. The molecule has 1 aromatic carbocycles. The zero-order chi connectivity index (χ0) is 14.0. The van der Waals surface area contributed by atoms with Gasteiger partial charge in [-0.25, -0.2) is 0 Å². The average molecular weight is 320 g/mol. The van der Waals surface area contributed by atoms with Crippen LogP contribution in [0.25, 0.3) is 0 Å². The second-order valence-corrected chi connectivity index (χ2v) is 5.25. The molecule has 0 aliphatic carbocycles. The first-order valence-corrected chi connectivity index (χ1v) is 6.56. The topological polar surface area (TPSA) is 68.0 Å². The number of amides is 1. The first kappa shape index (κ1) is 13.5. The van der Waals surface area contributed by atoms with Crippen LogP contribution in [0, 0.1) is 13.8 Å². The number of pyridine rings is 1. The first-order valence-electron chi connectivity index (χ1n) is 5.76. The second-order valence-electron chi connectivity index (χ2n) is 4.33. The van der Waals surface area contributed by atoms with Gasteiger partial charge in [-0.2, -0.15) is 0 Å². The van der Waals surface area contributed by atoms with Crippen molar-refractivity contribution in [1.29, 1.82) is 0 Å². The van der Waals surface area contributed by atoms with Crippen LogP contribution in [-0.2, 0) is 0 Å². The summed E-state index contributed by atoms with van der Waals surface area (Å²) in [5, 5.41) is 2.90. The first-order chi connectivity index (χ1) is 8.99. The number of nitrogens with one attached hydrogen (secondary N) is 1. The molecule has 19 heavy (non-hydrogen) atoms. The van der Waals surface area contributed by atoms with E-state index in [9.17, 15) is 4.79 Å². The molecule has 0 atom stereocenters. The molecule has 1 heterocycles. The zero-order valence-corrected chi connectivity index (χ0v) is 12.3. The Balaban J connectivity index is 2.32. The fraction of sp³-hybridized carbons (Fsp3) is 0.143. The maximum absolute atomic E-state index is 12.2. The molecule has 3 N–H and O–H groups in total. The third kappa shape index (κ3) is 2.93. The van der Waals surface area contributed by atoms with E-state index in [0.29, 0.717) is 11.3 Å². The van der Waals surface area contributed by atoms with E-state index in [0.717, 1.165) is 21.3 Å². The molecule has 0 spiro atoms. The van der Waals surface area contributed by atoms with Gasteiger partial charge in [0.25, 0.3) is 5.91 Å². The van der Waals surface area contributed by atoms with E-state index in [1.807, 2.05) is 26.0 Å². The van der Waals surface area contributed by atoms with Gasteiger partial charge in [0, 0.05) is 16.4 Å². The Hall–Kier alpha value is -1.88. The minimum atomic E-state index is -0.228. The molecule has 4 nitrogen and oxygen atoms in total. The molecule has 2 aromatic rings. The summed E-state index contributed by atoms with van der Waals surface area (Å²) in [6, 6.07) is 5.52. The number of hydrogen-bond acceptors (Lipinski definition) is 3. The summed E-state index contributed by atoms with van der Waals surface area (Å²) in [7, 11) is 0. The SMILES string of the molecule is Cc1cc(Br)cc(C)c1NC(=O)c1ccncc1N. The Kier molecular flexibility index (Phi) is 3.85. The van der Waals surface area contributed by atoms with Crippen LogP contribution in [-0.4, -0.2) is 10.9 Å². The maximum Gasteiger partial charge on any atom is 0.257 e. The summed E-state index contributed by atoms with van der Waals surface area (Å²) in [4.78, 5) is 16.1. The van der Waals surface area contributed by atoms with Gasteiger partial charge in [0.05, 0.1) is 17.4 Å². The second kappa shape index (κ2) is 5.40. The highest BCUT2D eigenvalue weighted by Gasteiger charge is 2.12. The van der Waals surface area contributed by atoms with E-state index >= 15 is 0 Å². The summed E-state index contributed by atoms with van der Waals surface area (Å²) in [5.74, 6) is -0.228. The molecule has 2 rings (SSSR count). The summed E-state index contributed by atoms with van der Waals surface area (Å²) in [6.07, 6.45) is 3.02. The lowest BCUT2D eigenvalue weighted by Crippen LogP contribution is -2.15. The Labute approximate surface area is 120 Å². The van der Waals surface area contributed by atoms with Crippen molar-refractivity contribution in [2.45, 2.75) is 13.8 Å². The van der Waals surface area contributed by atoms with Crippen molar-refractivity contribution in [2.75, 3.05) is 11.1 Å². The van der Waals surface area contributed by atoms with E-state index in [1.165, 1.54) is 6.20 Å². The summed E-state index contributed by atoms with van der Waals surface area (Å²) in [6.45, 7) is 3.90. The molecule has 0 aliphatic heterocycles. The lowest BCUT2D eigenvalue weighted by atomic mass is 10.1. The molecule has 0 fully saturated rings. The number of carbonyl (C=O) groups is 1. The van der Waals surface area contributed by atoms with Crippen LogP contribution in [0.2, 0.25) is 0 Å². The van der Waals surface area contributed by atoms with Crippen LogP contribution in [0.4, 0.5) is 11.4 Å². The number of nitrogens with zero attached hydrogens (tertiary/aromatic N) is 1. The van der Waals surface area contributed by atoms with Crippen molar-refractivity contribution in [2.24, 2.45) is 0 Å². The fourth-order valence-electron chi connectivity index (χ4n) is 1.90. The third-order valence-corrected chi connectivity index (χ3v) is 3.29. The summed E-state index contributed by atoms with van der Waals surface area (Å²) < 4.78 is 0.990. The van der Waals surface area contributed by atoms with Gasteiger partial charge in [0.1, 0.15) is 0 Å². The number of hydrogen-bond donors (Lipinski definition) is 2. The van der Waals surface area contributed by atoms with Crippen LogP contribution in [0.15, 0.2) is 35.1 Å². The van der Waals surface area contributed by atoms with Crippen molar-refractivity contribution >= 4 is 33.2 Å². The molecule has 0 radical (unpaired) electrons. The molecule has 0 saturated carbocycles. The highest BCUT2D eigenvalue weighted by Crippen LogP contribution is 2.26. The van der Waals surface area contributed by atoms with E-state index in [4.69, 9.17) is 5.73 Å². The maximum atomic E-state index is 12.2. The van der Waals surface area contributed by atoms with Crippen LogP contribution < -0.4 is 11.1 Å². The smallest absolute Gasteiger partial charge is 0.257 e. The molecule has 98 valence electrons. The molecule has 1 aromatic heterocycles. The highest BCUT2D eigenvalue weighted by molar-refractivity contribution is 9.10. The highest BCUT2D eigenvalue weighted by atomic mass is 79.9. The zero-order valence-electron chi connectivity index (χ0n) is 10.7. The van der Waals surface area contributed by atoms with Crippen molar-refractivity contribution in [3.8, 4) is 0 Å². The molecule has 1 amide bonds. The van der Waals surface area contributed by atoms with Crippen molar-refractivity contribution in [3.05, 3.63) is 51.8 Å². The number of halogens is 1. The molecule has 0 saturated heterocycles. The predicted octanol–water partition coefficient (Wildman–Crippen LogP) is 3.30. The standard InChI is InChI=1S/C14H14BrN3O/c1-8-5-10(15)6-9(2)13(8)18-14(19)11-3-4-17-7-12(11)16/h3-7H,16H2,1-2H3,(H,18,19). The van der Waals surface area contributed by atoms with E-state index in [-0.39, 0.29) is 5.91 Å². The van der Waals surface area contributed by atoms with Crippen LogP contribution in [0.3, 0.4) is 0 Å². The number of aromatic nitrogens is 1. The number of nitrogen functional groups attached to an aromatic ring is 1. The van der Waals surface area contributed by atoms with Gasteiger partial charge < -0.3 is 11.1 Å². The van der Waals surface area contributed by atoms with Crippen LogP contribution in [0.1, 0.15) is 21.5 Å². The molecular weight excluding hydrogens is 306 g/mol. The van der Waals surface area contributed by atoms with Crippen molar-refractivity contribution in [1.82, 2.24) is 4.98 Å². The van der Waals surface area contributed by atoms with E-state index in [1.54, 1.807) is 12.3 Å². The number of aryl methyl sites for hydroxylation is 2. The minimum Gasteiger partial charge on any atom is -0.397 e. The number of nitrogens with two attached hydrogens (primary N) is 1. The largest absolute Gasteiger partial charge is 0.397 e.